The Morgan fingerprint density at radius 1 is 1.55 bits per heavy atom. The van der Waals surface area contributed by atoms with Gasteiger partial charge in [0.15, 0.2) is 16.1 Å². The molecule has 2 rings (SSSR count). The first-order chi connectivity index (χ1) is 9.46. The fourth-order valence-electron chi connectivity index (χ4n) is 2.00. The Hall–Kier alpha value is -1.07. The van der Waals surface area contributed by atoms with E-state index in [0.29, 0.717) is 30.7 Å². The van der Waals surface area contributed by atoms with Gasteiger partial charge < -0.3 is 14.7 Å². The summed E-state index contributed by atoms with van der Waals surface area (Å²) in [5, 5.41) is 20.1. The van der Waals surface area contributed by atoms with E-state index in [9.17, 15) is 10.4 Å². The molecular formula is C12H15ClN4O2S. The van der Waals surface area contributed by atoms with Crippen molar-refractivity contribution >= 4 is 29.2 Å². The van der Waals surface area contributed by atoms with Crippen molar-refractivity contribution in [3.63, 3.8) is 0 Å². The smallest absolute Gasteiger partial charge is 0.190 e. The second kappa shape index (κ2) is 6.14. The monoisotopic (exact) mass is 314 g/mol. The topological polar surface area (TPSA) is 82.3 Å². The third kappa shape index (κ3) is 3.33. The van der Waals surface area contributed by atoms with Gasteiger partial charge in [-0.05, 0) is 13.2 Å². The number of aliphatic hydroxyl groups is 1. The van der Waals surface area contributed by atoms with Crippen molar-refractivity contribution in [2.75, 3.05) is 37.5 Å². The molecule has 0 spiro atoms. The average molecular weight is 315 g/mol. The number of rotatable bonds is 2. The molecule has 2 heterocycles. The zero-order chi connectivity index (χ0) is 14.8. The van der Waals surface area contributed by atoms with E-state index in [4.69, 9.17) is 16.3 Å². The summed E-state index contributed by atoms with van der Waals surface area (Å²) in [6.45, 7) is 3.25. The lowest BCUT2D eigenvalue weighted by atomic mass is 10.1. The van der Waals surface area contributed by atoms with Gasteiger partial charge >= 0.3 is 0 Å². The molecule has 0 radical (unpaired) electrons. The SMILES string of the molecule is CSc1nc(Cl)c(C#N)c(N2CCOC[C@@](C)(O)C2)n1. The van der Waals surface area contributed by atoms with Crippen LogP contribution >= 0.6 is 23.4 Å². The van der Waals surface area contributed by atoms with Crippen molar-refractivity contribution in [1.29, 1.82) is 5.26 Å². The number of halogens is 1. The van der Waals surface area contributed by atoms with Gasteiger partial charge in [0.1, 0.15) is 17.2 Å². The zero-order valence-electron chi connectivity index (χ0n) is 11.3. The number of anilines is 1. The van der Waals surface area contributed by atoms with Crippen LogP contribution in [0.5, 0.6) is 0 Å². The second-order valence-corrected chi connectivity index (χ2v) is 5.91. The number of nitrogens with zero attached hydrogens (tertiary/aromatic N) is 4. The molecule has 1 aliphatic rings. The van der Waals surface area contributed by atoms with Gasteiger partial charge in [-0.3, -0.25) is 0 Å². The maximum Gasteiger partial charge on any atom is 0.190 e. The van der Waals surface area contributed by atoms with Crippen molar-refractivity contribution < 1.29 is 9.84 Å². The molecule has 1 aromatic rings. The van der Waals surface area contributed by atoms with Gasteiger partial charge in [-0.25, -0.2) is 9.97 Å². The van der Waals surface area contributed by atoms with Crippen LogP contribution in [-0.2, 0) is 4.74 Å². The van der Waals surface area contributed by atoms with E-state index in [1.165, 1.54) is 11.8 Å². The lowest BCUT2D eigenvalue weighted by Gasteiger charge is -2.28. The number of thioether (sulfide) groups is 1. The van der Waals surface area contributed by atoms with Crippen molar-refractivity contribution in [1.82, 2.24) is 9.97 Å². The Balaban J connectivity index is 2.44. The summed E-state index contributed by atoms with van der Waals surface area (Å²) in [5.74, 6) is 0.447. The highest BCUT2D eigenvalue weighted by atomic mass is 35.5. The summed E-state index contributed by atoms with van der Waals surface area (Å²) >= 11 is 7.39. The molecule has 1 atom stereocenters. The van der Waals surface area contributed by atoms with Crippen LogP contribution in [0.25, 0.3) is 0 Å². The lowest BCUT2D eigenvalue weighted by molar-refractivity contribution is -0.0123. The molecule has 1 N–H and O–H groups in total. The zero-order valence-corrected chi connectivity index (χ0v) is 12.8. The normalized spacial score (nSPS) is 23.2. The highest BCUT2D eigenvalue weighted by Gasteiger charge is 2.30. The molecule has 8 heteroatoms. The molecule has 1 aromatic heterocycles. The second-order valence-electron chi connectivity index (χ2n) is 4.78. The molecule has 20 heavy (non-hydrogen) atoms. The summed E-state index contributed by atoms with van der Waals surface area (Å²) in [6, 6.07) is 2.03. The molecule has 1 aliphatic heterocycles. The Morgan fingerprint density at radius 2 is 2.30 bits per heavy atom. The predicted octanol–water partition coefficient (Wildman–Crippen LogP) is 1.31. The molecule has 0 bridgehead atoms. The number of nitriles is 1. The minimum Gasteiger partial charge on any atom is -0.386 e. The first-order valence-corrected chi connectivity index (χ1v) is 7.64. The molecular weight excluding hydrogens is 300 g/mol. The number of β-amino-alcohol motifs (C(OH)–C–C–N with tert-alkyl or cyclic N) is 1. The van der Waals surface area contributed by atoms with E-state index >= 15 is 0 Å². The van der Waals surface area contributed by atoms with E-state index < -0.39 is 5.60 Å². The molecule has 1 fully saturated rings. The van der Waals surface area contributed by atoms with E-state index in [-0.39, 0.29) is 17.3 Å². The summed E-state index contributed by atoms with van der Waals surface area (Å²) in [6.07, 6.45) is 1.84. The first kappa shape index (κ1) is 15.3. The van der Waals surface area contributed by atoms with Gasteiger partial charge in [-0.15, -0.1) is 0 Å². The van der Waals surface area contributed by atoms with Crippen LogP contribution in [0.3, 0.4) is 0 Å². The summed E-state index contributed by atoms with van der Waals surface area (Å²) in [7, 11) is 0. The van der Waals surface area contributed by atoms with Crippen LogP contribution in [0, 0.1) is 11.3 Å². The van der Waals surface area contributed by atoms with Crippen LogP contribution in [0.4, 0.5) is 5.82 Å². The fraction of sp³-hybridized carbons (Fsp3) is 0.583. The highest BCUT2D eigenvalue weighted by molar-refractivity contribution is 7.98. The third-order valence-electron chi connectivity index (χ3n) is 2.87. The molecule has 108 valence electrons. The minimum atomic E-state index is -1.000. The minimum absolute atomic E-state index is 0.131. The highest BCUT2D eigenvalue weighted by Crippen LogP contribution is 2.28. The fourth-order valence-corrected chi connectivity index (χ4v) is 2.62. The predicted molar refractivity (Wildman–Crippen MR) is 77.2 cm³/mol. The number of hydrogen-bond acceptors (Lipinski definition) is 7. The average Bonchev–Trinajstić information content (AvgIpc) is 2.58. The first-order valence-electron chi connectivity index (χ1n) is 6.03. The largest absolute Gasteiger partial charge is 0.386 e. The maximum absolute atomic E-state index is 10.2. The van der Waals surface area contributed by atoms with Gasteiger partial charge in [-0.1, -0.05) is 23.4 Å². The molecule has 0 unspecified atom stereocenters. The lowest BCUT2D eigenvalue weighted by Crippen LogP contribution is -2.42. The van der Waals surface area contributed by atoms with Gasteiger partial charge in [0.2, 0.25) is 0 Å². The van der Waals surface area contributed by atoms with E-state index in [1.54, 1.807) is 6.92 Å². The van der Waals surface area contributed by atoms with E-state index in [1.807, 2.05) is 17.2 Å². The number of hydrogen-bond donors (Lipinski definition) is 1. The molecule has 0 saturated carbocycles. The van der Waals surface area contributed by atoms with Gasteiger partial charge in [0.05, 0.1) is 19.8 Å². The van der Waals surface area contributed by atoms with E-state index in [2.05, 4.69) is 9.97 Å². The van der Waals surface area contributed by atoms with Crippen LogP contribution in [0.1, 0.15) is 12.5 Å². The number of aromatic nitrogens is 2. The number of ether oxygens (including phenoxy) is 1. The molecule has 0 amide bonds. The standard InChI is InChI=1S/C12H15ClN4O2S/c1-12(18)6-17(3-4-19-7-12)10-8(5-14)9(13)15-11(16-10)20-2/h18H,3-4,6-7H2,1-2H3/t12-/m0/s1. The Bertz CT molecular complexity index is 547. The third-order valence-corrected chi connectivity index (χ3v) is 3.69. The maximum atomic E-state index is 10.2. The van der Waals surface area contributed by atoms with Crippen molar-refractivity contribution in [3.05, 3.63) is 10.7 Å². The summed E-state index contributed by atoms with van der Waals surface area (Å²) in [5.41, 5.74) is -0.776. The Labute approximate surface area is 126 Å². The van der Waals surface area contributed by atoms with Crippen LogP contribution in [-0.4, -0.2) is 53.2 Å². The van der Waals surface area contributed by atoms with Crippen molar-refractivity contribution in [2.45, 2.75) is 17.7 Å². The summed E-state index contributed by atoms with van der Waals surface area (Å²) in [4.78, 5) is 10.2. The Kier molecular flexibility index (Phi) is 4.70. The molecule has 1 saturated heterocycles. The van der Waals surface area contributed by atoms with Crippen molar-refractivity contribution in [3.8, 4) is 6.07 Å². The van der Waals surface area contributed by atoms with Crippen LogP contribution < -0.4 is 4.90 Å². The molecule has 0 aromatic carbocycles. The van der Waals surface area contributed by atoms with Crippen molar-refractivity contribution in [2.24, 2.45) is 0 Å². The van der Waals surface area contributed by atoms with Crippen LogP contribution in [0.2, 0.25) is 5.15 Å². The van der Waals surface area contributed by atoms with Gasteiger partial charge in [-0.2, -0.15) is 5.26 Å². The quantitative estimate of drug-likeness (QED) is 0.500. The van der Waals surface area contributed by atoms with Gasteiger partial charge in [0.25, 0.3) is 0 Å². The molecule has 0 aliphatic carbocycles. The van der Waals surface area contributed by atoms with E-state index in [0.717, 1.165) is 0 Å². The van der Waals surface area contributed by atoms with Crippen LogP contribution in [0.15, 0.2) is 5.16 Å². The Morgan fingerprint density at radius 3 is 2.95 bits per heavy atom. The van der Waals surface area contributed by atoms with Gasteiger partial charge in [0, 0.05) is 6.54 Å². The summed E-state index contributed by atoms with van der Waals surface area (Å²) < 4.78 is 5.37. The molecule has 6 nitrogen and oxygen atoms in total.